The van der Waals surface area contributed by atoms with Gasteiger partial charge in [0.15, 0.2) is 5.78 Å². The normalized spacial score (nSPS) is 13.9. The molecule has 0 bridgehead atoms. The number of allylic oxidation sites excluding steroid dienone is 4. The summed E-state index contributed by atoms with van der Waals surface area (Å²) in [5.41, 5.74) is 0.859. The Balaban J connectivity index is 4.29. The second kappa shape index (κ2) is 4.24. The average molecular weight is 166 g/mol. The van der Waals surface area contributed by atoms with E-state index in [0.29, 0.717) is 0 Å². The SMILES string of the molecule is C/C=C(C)\C=C\C(=O)C(C)(C)C. The fourth-order valence-corrected chi connectivity index (χ4v) is 0.553. The van der Waals surface area contributed by atoms with E-state index >= 15 is 0 Å². The van der Waals surface area contributed by atoms with Gasteiger partial charge >= 0.3 is 0 Å². The molecule has 68 valence electrons. The lowest BCUT2D eigenvalue weighted by atomic mass is 9.90. The summed E-state index contributed by atoms with van der Waals surface area (Å²) in [6.07, 6.45) is 5.48. The number of rotatable bonds is 2. The molecule has 0 amide bonds. The van der Waals surface area contributed by atoms with Crippen LogP contribution >= 0.6 is 0 Å². The van der Waals surface area contributed by atoms with Crippen molar-refractivity contribution in [2.45, 2.75) is 34.6 Å². The maximum absolute atomic E-state index is 11.4. The van der Waals surface area contributed by atoms with E-state index in [9.17, 15) is 4.79 Å². The van der Waals surface area contributed by atoms with E-state index in [0.717, 1.165) is 5.57 Å². The quantitative estimate of drug-likeness (QED) is 0.455. The molecule has 0 aromatic heterocycles. The molecule has 0 aliphatic rings. The van der Waals surface area contributed by atoms with Crippen molar-refractivity contribution in [3.8, 4) is 0 Å². The lowest BCUT2D eigenvalue weighted by molar-refractivity contribution is -0.121. The Morgan fingerprint density at radius 1 is 1.17 bits per heavy atom. The second-order valence-electron chi connectivity index (χ2n) is 3.98. The average Bonchev–Trinajstić information content (AvgIpc) is 1.97. The van der Waals surface area contributed by atoms with Gasteiger partial charge in [-0.25, -0.2) is 0 Å². The lowest BCUT2D eigenvalue weighted by Crippen LogP contribution is -2.17. The Bertz CT molecular complexity index is 214. The molecule has 0 unspecified atom stereocenters. The van der Waals surface area contributed by atoms with Crippen LogP contribution in [-0.4, -0.2) is 5.78 Å². The summed E-state index contributed by atoms with van der Waals surface area (Å²) in [4.78, 5) is 11.4. The van der Waals surface area contributed by atoms with Crippen molar-refractivity contribution in [3.05, 3.63) is 23.8 Å². The van der Waals surface area contributed by atoms with Crippen LogP contribution < -0.4 is 0 Å². The predicted octanol–water partition coefficient (Wildman–Crippen LogP) is 3.12. The fraction of sp³-hybridized carbons (Fsp3) is 0.545. The van der Waals surface area contributed by atoms with Crippen LogP contribution in [0.25, 0.3) is 0 Å². The van der Waals surface area contributed by atoms with Gasteiger partial charge in [-0.3, -0.25) is 4.79 Å². The summed E-state index contributed by atoms with van der Waals surface area (Å²) in [5.74, 6) is 0.170. The van der Waals surface area contributed by atoms with Gasteiger partial charge in [0.05, 0.1) is 0 Å². The first-order valence-corrected chi connectivity index (χ1v) is 4.23. The molecule has 0 radical (unpaired) electrons. The zero-order chi connectivity index (χ0) is 9.78. The van der Waals surface area contributed by atoms with E-state index in [1.165, 1.54) is 0 Å². The topological polar surface area (TPSA) is 17.1 Å². The molecule has 0 aliphatic carbocycles. The van der Waals surface area contributed by atoms with Gasteiger partial charge in [0, 0.05) is 5.41 Å². The Hall–Kier alpha value is -0.850. The summed E-state index contributed by atoms with van der Waals surface area (Å²) in [6.45, 7) is 9.70. The number of carbonyl (C=O) groups excluding carboxylic acids is 1. The molecule has 0 saturated heterocycles. The number of hydrogen-bond donors (Lipinski definition) is 0. The molecule has 0 aliphatic heterocycles. The summed E-state index contributed by atoms with van der Waals surface area (Å²) in [7, 11) is 0. The van der Waals surface area contributed by atoms with E-state index in [-0.39, 0.29) is 11.2 Å². The Labute approximate surface area is 75.2 Å². The minimum atomic E-state index is -0.259. The van der Waals surface area contributed by atoms with Crippen molar-refractivity contribution in [1.82, 2.24) is 0 Å². The van der Waals surface area contributed by atoms with Crippen LogP contribution in [0.5, 0.6) is 0 Å². The summed E-state index contributed by atoms with van der Waals surface area (Å²) in [5, 5.41) is 0. The van der Waals surface area contributed by atoms with Gasteiger partial charge in [-0.15, -0.1) is 0 Å². The predicted molar refractivity (Wildman–Crippen MR) is 53.0 cm³/mol. The summed E-state index contributed by atoms with van der Waals surface area (Å²) in [6, 6.07) is 0. The third-order valence-electron chi connectivity index (χ3n) is 1.69. The fourth-order valence-electron chi connectivity index (χ4n) is 0.553. The van der Waals surface area contributed by atoms with Crippen molar-refractivity contribution in [2.75, 3.05) is 0 Å². The Morgan fingerprint density at radius 2 is 1.67 bits per heavy atom. The van der Waals surface area contributed by atoms with Gasteiger partial charge in [-0.1, -0.05) is 38.5 Å². The summed E-state index contributed by atoms with van der Waals surface area (Å²) < 4.78 is 0. The van der Waals surface area contributed by atoms with Crippen LogP contribution in [0.1, 0.15) is 34.6 Å². The molecule has 0 rings (SSSR count). The van der Waals surface area contributed by atoms with E-state index in [4.69, 9.17) is 0 Å². The molecule has 12 heavy (non-hydrogen) atoms. The standard InChI is InChI=1S/C11H18O/c1-6-9(2)7-8-10(12)11(3,4)5/h6-8H,1-5H3/b8-7+,9-6-. The highest BCUT2D eigenvalue weighted by molar-refractivity contribution is 5.94. The van der Waals surface area contributed by atoms with Crippen LogP contribution in [0.15, 0.2) is 23.8 Å². The first kappa shape index (κ1) is 11.2. The monoisotopic (exact) mass is 166 g/mol. The van der Waals surface area contributed by atoms with E-state index in [1.54, 1.807) is 6.08 Å². The molecular formula is C11H18O. The Kier molecular flexibility index (Phi) is 3.94. The van der Waals surface area contributed by atoms with Crippen molar-refractivity contribution in [1.29, 1.82) is 0 Å². The van der Waals surface area contributed by atoms with Crippen LogP contribution in [-0.2, 0) is 4.79 Å². The highest BCUT2D eigenvalue weighted by atomic mass is 16.1. The van der Waals surface area contributed by atoms with Crippen molar-refractivity contribution < 1.29 is 4.79 Å². The van der Waals surface area contributed by atoms with E-state index in [2.05, 4.69) is 0 Å². The molecule has 1 nitrogen and oxygen atoms in total. The van der Waals surface area contributed by atoms with Crippen LogP contribution in [0, 0.1) is 5.41 Å². The van der Waals surface area contributed by atoms with Gasteiger partial charge in [0.1, 0.15) is 0 Å². The number of hydrogen-bond acceptors (Lipinski definition) is 1. The Morgan fingerprint density at radius 3 is 2.00 bits per heavy atom. The zero-order valence-corrected chi connectivity index (χ0v) is 8.64. The van der Waals surface area contributed by atoms with Crippen LogP contribution in [0.2, 0.25) is 0 Å². The first-order chi connectivity index (χ1) is 5.38. The van der Waals surface area contributed by atoms with Gasteiger partial charge < -0.3 is 0 Å². The van der Waals surface area contributed by atoms with Gasteiger partial charge in [-0.2, -0.15) is 0 Å². The maximum Gasteiger partial charge on any atom is 0.160 e. The highest BCUT2D eigenvalue weighted by Gasteiger charge is 2.17. The molecule has 0 aromatic rings. The molecule has 0 atom stereocenters. The number of ketones is 1. The largest absolute Gasteiger partial charge is 0.294 e. The molecule has 0 saturated carbocycles. The zero-order valence-electron chi connectivity index (χ0n) is 8.64. The smallest absolute Gasteiger partial charge is 0.160 e. The van der Waals surface area contributed by atoms with Gasteiger partial charge in [0.25, 0.3) is 0 Å². The molecule has 1 heteroatoms. The van der Waals surface area contributed by atoms with Crippen molar-refractivity contribution in [3.63, 3.8) is 0 Å². The lowest BCUT2D eigenvalue weighted by Gasteiger charge is -2.12. The highest BCUT2D eigenvalue weighted by Crippen LogP contribution is 2.15. The third-order valence-corrected chi connectivity index (χ3v) is 1.69. The second-order valence-corrected chi connectivity index (χ2v) is 3.98. The summed E-state index contributed by atoms with van der Waals surface area (Å²) >= 11 is 0. The molecular weight excluding hydrogens is 148 g/mol. The minimum absolute atomic E-state index is 0.170. The molecule has 0 aromatic carbocycles. The molecule has 0 spiro atoms. The molecule has 0 heterocycles. The van der Waals surface area contributed by atoms with E-state index in [1.807, 2.05) is 46.8 Å². The molecule has 0 N–H and O–H groups in total. The van der Waals surface area contributed by atoms with Crippen molar-refractivity contribution >= 4 is 5.78 Å². The first-order valence-electron chi connectivity index (χ1n) is 4.23. The number of carbonyl (C=O) groups is 1. The minimum Gasteiger partial charge on any atom is -0.294 e. The van der Waals surface area contributed by atoms with Gasteiger partial charge in [0.2, 0.25) is 0 Å². The van der Waals surface area contributed by atoms with Crippen LogP contribution in [0.3, 0.4) is 0 Å². The molecule has 0 fully saturated rings. The van der Waals surface area contributed by atoms with Gasteiger partial charge in [-0.05, 0) is 19.9 Å². The van der Waals surface area contributed by atoms with E-state index < -0.39 is 0 Å². The maximum atomic E-state index is 11.4. The van der Waals surface area contributed by atoms with Crippen molar-refractivity contribution in [2.24, 2.45) is 5.41 Å². The van der Waals surface area contributed by atoms with Crippen LogP contribution in [0.4, 0.5) is 0 Å². The third kappa shape index (κ3) is 4.12.